The molecule has 0 amide bonds. The van der Waals surface area contributed by atoms with Crippen molar-refractivity contribution in [3.63, 3.8) is 0 Å². The van der Waals surface area contributed by atoms with E-state index in [1.807, 2.05) is 0 Å². The van der Waals surface area contributed by atoms with Gasteiger partial charge in [0.05, 0.1) is 0 Å². The number of hydrogen-bond acceptors (Lipinski definition) is 7. The van der Waals surface area contributed by atoms with E-state index in [1.165, 1.54) is 0 Å². The number of hydrogen-bond donors (Lipinski definition) is 2. The van der Waals surface area contributed by atoms with Crippen LogP contribution in [-0.4, -0.2) is 34.4 Å². The van der Waals surface area contributed by atoms with Crippen molar-refractivity contribution in [1.82, 2.24) is 0 Å². The molecule has 0 bridgehead atoms. The van der Waals surface area contributed by atoms with Gasteiger partial charge in [0.25, 0.3) is 0 Å². The Bertz CT molecular complexity index is 55.3. The van der Waals surface area contributed by atoms with Crippen LogP contribution in [0.1, 0.15) is 17.7 Å². The van der Waals surface area contributed by atoms with Gasteiger partial charge < -0.3 is 20.7 Å². The second-order valence-corrected chi connectivity index (χ2v) is 0.403. The van der Waals surface area contributed by atoms with Gasteiger partial charge in [0.15, 0.2) is 0 Å². The number of carbonyl (C=O) groups excluding carboxylic acids is 2. The summed E-state index contributed by atoms with van der Waals surface area (Å²) < 4.78 is 0. The van der Waals surface area contributed by atoms with Gasteiger partial charge in [-0.15, -0.1) is 0 Å². The summed E-state index contributed by atoms with van der Waals surface area (Å²) in [5, 5.41) is 14.0. The maximum Gasteiger partial charge on any atom is 1.00 e. The first-order valence-electron chi connectivity index (χ1n) is 1.31. The van der Waals surface area contributed by atoms with E-state index in [-0.39, 0.29) is 41.6 Å². The topological polar surface area (TPSA) is 155 Å². The van der Waals surface area contributed by atoms with E-state index in [1.54, 1.807) is 0 Å². The van der Waals surface area contributed by atoms with Crippen molar-refractivity contribution in [1.29, 1.82) is 0 Å². The van der Waals surface area contributed by atoms with E-state index >= 15 is 0 Å². The van der Waals surface area contributed by atoms with Crippen molar-refractivity contribution in [3.05, 3.63) is 0 Å². The Morgan fingerprint density at radius 3 is 1.17 bits per heavy atom. The van der Waals surface area contributed by atoms with Crippen LogP contribution in [-0.2, 0) is 19.4 Å². The second kappa shape index (κ2) is 97.6. The zero-order valence-corrected chi connectivity index (χ0v) is 4.63. The summed E-state index contributed by atoms with van der Waals surface area (Å²) in [5.41, 5.74) is 0. The summed E-state index contributed by atoms with van der Waals surface area (Å²) in [5.74, 6) is 0. The first-order valence-corrected chi connectivity index (χ1v) is 1.31. The molecule has 0 aliphatic carbocycles. The van der Waals surface area contributed by atoms with Gasteiger partial charge in [-0.1, -0.05) is 14.9 Å². The van der Waals surface area contributed by atoms with E-state index in [0.29, 0.717) is 0 Å². The van der Waals surface area contributed by atoms with Gasteiger partial charge in [0, 0.05) is 1.43 Å². The average molecular weight is 194 g/mol. The third-order valence-electron chi connectivity index (χ3n) is 0.0861. The molecule has 0 atom stereocenters. The van der Waals surface area contributed by atoms with E-state index < -0.39 is 0 Å². The van der Waals surface area contributed by atoms with E-state index in [2.05, 4.69) is 9.78 Å². The van der Waals surface area contributed by atoms with Crippen LogP contribution in [0.15, 0.2) is 0 Å². The molecule has 8 nitrogen and oxygen atoms in total. The molecule has 0 aromatic heterocycles. The molecule has 0 rings (SSSR count). The lowest BCUT2D eigenvalue weighted by molar-refractivity contribution is -0.217. The third kappa shape index (κ3) is 874. The minimum Gasteiger partial charge on any atom is -0.870 e. The molecule has 82 valence electrons. The fourth-order valence-corrected chi connectivity index (χ4v) is 0. The number of carbonyl (C=O) groups is 2. The zero-order valence-electron chi connectivity index (χ0n) is 5.63. The molecule has 0 radical (unpaired) electrons. The highest BCUT2D eigenvalue weighted by atomic mass is 17.1. The van der Waals surface area contributed by atoms with E-state index in [9.17, 15) is 0 Å². The Kier molecular flexibility index (Phi) is 367. The highest BCUT2D eigenvalue weighted by Gasteiger charge is 1.47. The van der Waals surface area contributed by atoms with Gasteiger partial charge in [-0.05, 0) is 0 Å². The lowest BCUT2D eigenvalue weighted by Crippen LogP contribution is -1.69. The fourth-order valence-electron chi connectivity index (χ4n) is 0. The van der Waals surface area contributed by atoms with Crippen LogP contribution in [0.3, 0.4) is 0 Å². The highest BCUT2D eigenvalue weighted by Crippen LogP contribution is 1.34. The minimum atomic E-state index is -0.0694. The molecule has 12 heavy (non-hydrogen) atoms. The predicted molar refractivity (Wildman–Crippen MR) is 41.8 cm³/mol. The van der Waals surface area contributed by atoms with Crippen molar-refractivity contribution in [2.24, 2.45) is 0 Å². The summed E-state index contributed by atoms with van der Waals surface area (Å²) in [6.07, 6.45) is 0. The summed E-state index contributed by atoms with van der Waals surface area (Å²) >= 11 is 0. The minimum absolute atomic E-state index is 0. The van der Waals surface area contributed by atoms with Gasteiger partial charge in [0.2, 0.25) is 0 Å². The van der Waals surface area contributed by atoms with Crippen molar-refractivity contribution in [3.8, 4) is 0 Å². The monoisotopic (exact) mass is 194 g/mol. The van der Waals surface area contributed by atoms with Crippen LogP contribution in [0.4, 0.5) is 0 Å². The zero-order chi connectivity index (χ0) is 6.83. The lowest BCUT2D eigenvalue weighted by Gasteiger charge is -1.63. The van der Waals surface area contributed by atoms with Gasteiger partial charge in [-0.25, -0.2) is 10.5 Å². The quantitative estimate of drug-likeness (QED) is 0.353. The summed E-state index contributed by atoms with van der Waals surface area (Å²) in [4.78, 5) is 23.1. The van der Waals surface area contributed by atoms with E-state index in [0.717, 1.165) is 0 Å². The molecule has 0 aromatic rings. The van der Waals surface area contributed by atoms with Gasteiger partial charge in [-0.3, -0.25) is 9.59 Å². The van der Waals surface area contributed by atoms with E-state index in [4.69, 9.17) is 20.1 Å². The molecule has 0 saturated heterocycles. The Balaban J connectivity index is -0.00000000600. The van der Waals surface area contributed by atoms with Crippen molar-refractivity contribution in [2.75, 3.05) is 0 Å². The summed E-state index contributed by atoms with van der Waals surface area (Å²) in [7, 11) is 0. The molecule has 5 N–H and O–H groups in total. The Hall–Kier alpha value is -1.22. The van der Waals surface area contributed by atoms with Crippen LogP contribution < -0.4 is 0 Å². The first-order chi connectivity index (χ1) is 3.83. The molecule has 0 heterocycles. The van der Waals surface area contributed by atoms with Gasteiger partial charge in [0.1, 0.15) is 0 Å². The predicted octanol–water partition coefficient (Wildman–Crippen LogP) is -0.106. The molecule has 0 saturated carbocycles. The summed E-state index contributed by atoms with van der Waals surface area (Å²) in [6, 6.07) is 0. The van der Waals surface area contributed by atoms with Crippen LogP contribution in [0, 0.1) is 0 Å². The molecule has 0 aliphatic rings. The standard InChI is InChI=1S/2CH2O3.2CH4.2H2O.H2/c2*2-1-4-3;;;;;/h2*1,3H;2*1H4;2*1H2;1H. The average Bonchev–Trinajstić information content (AvgIpc) is 1.88. The molecule has 0 unspecified atom stereocenters. The normalized spacial score (nSPS) is 3.50. The molecular weight excluding hydrogens is 176 g/mol. The van der Waals surface area contributed by atoms with Gasteiger partial charge >= 0.3 is 14.4 Å². The third-order valence-corrected chi connectivity index (χ3v) is 0.0861. The van der Waals surface area contributed by atoms with Crippen molar-refractivity contribution < 1.29 is 43.7 Å². The smallest absolute Gasteiger partial charge is 0.870 e. The lowest BCUT2D eigenvalue weighted by atomic mass is 11.7. The Morgan fingerprint density at radius 2 is 1.17 bits per heavy atom. The number of rotatable bonds is 2. The molecule has 0 aliphatic heterocycles. The van der Waals surface area contributed by atoms with Crippen LogP contribution >= 0.6 is 0 Å². The van der Waals surface area contributed by atoms with Crippen LogP contribution in [0.25, 0.3) is 0 Å². The summed E-state index contributed by atoms with van der Waals surface area (Å²) in [6.45, 7) is -0.139. The Labute approximate surface area is 72.8 Å². The largest absolute Gasteiger partial charge is 1.00 e. The molecule has 0 fully saturated rings. The van der Waals surface area contributed by atoms with Crippen molar-refractivity contribution in [2.45, 2.75) is 14.9 Å². The molecule has 0 aromatic carbocycles. The SMILES string of the molecule is C.C.O.O=COO.O=COO.[H+].[HH].[OH-]. The maximum atomic E-state index is 8.70. The molecular formula is C4H18O8. The van der Waals surface area contributed by atoms with Crippen LogP contribution in [0.2, 0.25) is 0 Å². The molecule has 0 spiro atoms. The highest BCUT2D eigenvalue weighted by molar-refractivity contribution is 5.35. The maximum absolute atomic E-state index is 8.70. The second-order valence-electron chi connectivity index (χ2n) is 0.403. The fraction of sp³-hybridized carbons (Fsp3) is 0.500. The van der Waals surface area contributed by atoms with Gasteiger partial charge in [-0.2, -0.15) is 0 Å². The van der Waals surface area contributed by atoms with Crippen molar-refractivity contribution >= 4 is 12.9 Å². The molecule has 8 heteroatoms. The Morgan fingerprint density at radius 1 is 1.08 bits per heavy atom. The first kappa shape index (κ1) is 45.1. The van der Waals surface area contributed by atoms with Crippen LogP contribution in [0.5, 0.6) is 0 Å².